The Kier molecular flexibility index (Phi) is 6.64. The first-order valence-corrected chi connectivity index (χ1v) is 14.0. The van der Waals surface area contributed by atoms with E-state index >= 15 is 0 Å². The van der Waals surface area contributed by atoms with Crippen LogP contribution in [0.1, 0.15) is 45.2 Å². The summed E-state index contributed by atoms with van der Waals surface area (Å²) < 4.78 is 5.07. The van der Waals surface area contributed by atoms with Crippen LogP contribution in [0.15, 0.2) is 42.5 Å². The molecule has 196 valence electrons. The van der Waals surface area contributed by atoms with Gasteiger partial charge < -0.3 is 4.74 Å². The van der Waals surface area contributed by atoms with E-state index in [1.54, 1.807) is 42.5 Å². The minimum absolute atomic E-state index is 0.296. The first kappa shape index (κ1) is 25.6. The number of hydroxylamine groups is 1. The summed E-state index contributed by atoms with van der Waals surface area (Å²) in [6.45, 7) is 0. The number of aryl methyl sites for hydroxylation is 1. The summed E-state index contributed by atoms with van der Waals surface area (Å²) in [5, 5.41) is 3.15. The molecule has 0 saturated carbocycles. The van der Waals surface area contributed by atoms with E-state index in [2.05, 4.69) is 0 Å². The number of carbonyl (C=O) groups is 3. The molecule has 7 nitrogen and oxygen atoms in total. The summed E-state index contributed by atoms with van der Waals surface area (Å²) >= 11 is 20.2. The number of hydrogen-bond acceptors (Lipinski definition) is 7. The lowest BCUT2D eigenvalue weighted by Gasteiger charge is -2.29. The van der Waals surface area contributed by atoms with E-state index in [0.29, 0.717) is 43.3 Å². The highest BCUT2D eigenvalue weighted by molar-refractivity contribution is 7.17. The van der Waals surface area contributed by atoms with Crippen molar-refractivity contribution in [2.75, 3.05) is 17.1 Å². The lowest BCUT2D eigenvalue weighted by atomic mass is 9.90. The van der Waals surface area contributed by atoms with Crippen molar-refractivity contribution in [3.05, 3.63) is 79.1 Å². The predicted octanol–water partition coefficient (Wildman–Crippen LogP) is 6.42. The molecule has 2 fully saturated rings. The third-order valence-corrected chi connectivity index (χ3v) is 9.31. The van der Waals surface area contributed by atoms with E-state index in [9.17, 15) is 14.4 Å². The zero-order chi connectivity index (χ0) is 26.7. The Bertz CT molecular complexity index is 1470. The molecule has 0 unspecified atom stereocenters. The summed E-state index contributed by atoms with van der Waals surface area (Å²) in [4.78, 5) is 49.2. The Morgan fingerprint density at radius 2 is 1.71 bits per heavy atom. The number of carbonyl (C=O) groups excluding carboxylic acids is 3. The Morgan fingerprint density at radius 3 is 2.42 bits per heavy atom. The Hall–Kier alpha value is -2.62. The van der Waals surface area contributed by atoms with Crippen LogP contribution in [0, 0.1) is 5.92 Å². The van der Waals surface area contributed by atoms with Gasteiger partial charge in [-0.15, -0.1) is 11.3 Å². The molecule has 0 bridgehead atoms. The van der Waals surface area contributed by atoms with Gasteiger partial charge in [-0.1, -0.05) is 40.9 Å². The molecule has 3 aliphatic rings. The smallest absolute Gasteiger partial charge is 0.341 e. The van der Waals surface area contributed by atoms with Crippen LogP contribution >= 0.6 is 46.1 Å². The van der Waals surface area contributed by atoms with Gasteiger partial charge in [0, 0.05) is 19.9 Å². The van der Waals surface area contributed by atoms with Crippen LogP contribution in [-0.2, 0) is 32.0 Å². The topological polar surface area (TPSA) is 76.2 Å². The van der Waals surface area contributed by atoms with E-state index in [1.165, 1.54) is 23.5 Å². The summed E-state index contributed by atoms with van der Waals surface area (Å²) in [7, 11) is 1.30. The van der Waals surface area contributed by atoms with Gasteiger partial charge in [-0.3, -0.25) is 14.4 Å². The highest BCUT2D eigenvalue weighted by atomic mass is 35.5. The van der Waals surface area contributed by atoms with Crippen molar-refractivity contribution in [1.29, 1.82) is 0 Å². The molecule has 1 aliphatic carbocycles. The molecule has 3 aromatic rings. The maximum atomic E-state index is 14.1. The largest absolute Gasteiger partial charge is 0.465 e. The minimum atomic E-state index is -1.11. The number of amides is 2. The summed E-state index contributed by atoms with van der Waals surface area (Å²) in [6.07, 6.45) is 2.29. The number of imide groups is 1. The number of anilines is 2. The van der Waals surface area contributed by atoms with Gasteiger partial charge in [0.1, 0.15) is 10.9 Å². The first-order valence-electron chi connectivity index (χ1n) is 12.1. The lowest BCUT2D eigenvalue weighted by molar-refractivity contribution is -0.126. The van der Waals surface area contributed by atoms with Gasteiger partial charge in [0.05, 0.1) is 24.4 Å². The van der Waals surface area contributed by atoms with E-state index in [-0.39, 0.29) is 0 Å². The van der Waals surface area contributed by atoms with Crippen LogP contribution in [0.2, 0.25) is 15.1 Å². The fourth-order valence-electron chi connectivity index (χ4n) is 5.51. The number of hydrogen-bond donors (Lipinski definition) is 0. The van der Waals surface area contributed by atoms with E-state index < -0.39 is 35.8 Å². The van der Waals surface area contributed by atoms with Gasteiger partial charge in [-0.05, 0) is 73.2 Å². The molecule has 2 saturated heterocycles. The van der Waals surface area contributed by atoms with Crippen LogP contribution in [0.25, 0.3) is 0 Å². The number of methoxy groups -OCH3 is 1. The molecular weight excluding hydrogens is 571 g/mol. The van der Waals surface area contributed by atoms with E-state index in [4.69, 9.17) is 44.4 Å². The van der Waals surface area contributed by atoms with Crippen LogP contribution in [-0.4, -0.2) is 31.0 Å². The van der Waals surface area contributed by atoms with Crippen LogP contribution in [0.4, 0.5) is 10.7 Å². The SMILES string of the molecule is COC(=O)c1c(N2C(=O)[C@@H]3[C@@H](c4ccc(Cl)cc4Cl)N(c4ccc(Cl)cc4)O[C@H]3C2=O)sc2c1CCCC2. The molecule has 1 aromatic heterocycles. The Balaban J connectivity index is 1.46. The number of halogens is 3. The number of fused-ring (bicyclic) bond motifs is 2. The monoisotopic (exact) mass is 590 g/mol. The summed E-state index contributed by atoms with van der Waals surface area (Å²) in [5.74, 6) is -2.47. The van der Waals surface area contributed by atoms with Crippen molar-refractivity contribution in [3.63, 3.8) is 0 Å². The number of esters is 1. The Labute approximate surface area is 237 Å². The highest BCUT2D eigenvalue weighted by Gasteiger charge is 2.61. The van der Waals surface area contributed by atoms with Gasteiger partial charge in [0.2, 0.25) is 5.91 Å². The second-order valence-electron chi connectivity index (χ2n) is 9.36. The standard InChI is InChI=1S/C27H21Cl3N2O5S/c1-36-27(35)20-17-4-2-3-5-19(17)38-26(20)31-24(33)21-22(16-11-8-14(29)12-18(16)30)32(37-23(21)25(31)34)15-9-6-13(28)7-10-15/h6-12,21-23H,2-5H2,1H3/t21-,22-,23-/m1/s1. The van der Waals surface area contributed by atoms with Crippen LogP contribution in [0.5, 0.6) is 0 Å². The van der Waals surface area contributed by atoms with Gasteiger partial charge in [0.25, 0.3) is 5.91 Å². The van der Waals surface area contributed by atoms with E-state index in [0.717, 1.165) is 34.6 Å². The fourth-order valence-corrected chi connectivity index (χ4v) is 7.54. The van der Waals surface area contributed by atoms with Crippen molar-refractivity contribution < 1.29 is 24.0 Å². The quantitative estimate of drug-likeness (QED) is 0.257. The summed E-state index contributed by atoms with van der Waals surface area (Å²) in [5.41, 5.74) is 2.35. The average Bonchev–Trinajstić information content (AvgIpc) is 3.54. The second-order valence-corrected chi connectivity index (χ2v) is 11.7. The number of nitrogens with zero attached hydrogens (tertiary/aromatic N) is 2. The van der Waals surface area contributed by atoms with Gasteiger partial charge in [-0.2, -0.15) is 0 Å². The average molecular weight is 592 g/mol. The number of rotatable bonds is 4. The van der Waals surface area contributed by atoms with Crippen LogP contribution in [0.3, 0.4) is 0 Å². The molecule has 6 rings (SSSR count). The molecule has 0 N–H and O–H groups in total. The van der Waals surface area contributed by atoms with E-state index in [1.807, 2.05) is 0 Å². The number of thiophene rings is 1. The van der Waals surface area contributed by atoms with Gasteiger partial charge in [-0.25, -0.2) is 14.8 Å². The molecule has 11 heteroatoms. The zero-order valence-corrected chi connectivity index (χ0v) is 23.2. The maximum Gasteiger partial charge on any atom is 0.341 e. The van der Waals surface area contributed by atoms with Gasteiger partial charge in [0.15, 0.2) is 6.10 Å². The zero-order valence-electron chi connectivity index (χ0n) is 20.1. The fraction of sp³-hybridized carbons (Fsp3) is 0.296. The molecule has 3 heterocycles. The van der Waals surface area contributed by atoms with Gasteiger partial charge >= 0.3 is 5.97 Å². The summed E-state index contributed by atoms with van der Waals surface area (Å²) in [6, 6.07) is 11.2. The van der Waals surface area contributed by atoms with Crippen molar-refractivity contribution >= 4 is 74.6 Å². The molecule has 0 radical (unpaired) electrons. The molecule has 3 atom stereocenters. The maximum absolute atomic E-state index is 14.1. The predicted molar refractivity (Wildman–Crippen MR) is 146 cm³/mol. The van der Waals surface area contributed by atoms with Crippen molar-refractivity contribution in [2.45, 2.75) is 37.8 Å². The molecule has 2 amide bonds. The number of ether oxygens (including phenoxy) is 1. The molecule has 2 aromatic carbocycles. The third-order valence-electron chi connectivity index (χ3n) is 7.22. The van der Waals surface area contributed by atoms with Crippen molar-refractivity contribution in [3.8, 4) is 0 Å². The molecule has 0 spiro atoms. The third kappa shape index (κ3) is 4.01. The second kappa shape index (κ2) is 9.84. The molecular formula is C27H21Cl3N2O5S. The first-order chi connectivity index (χ1) is 18.3. The normalized spacial score (nSPS) is 22.6. The van der Waals surface area contributed by atoms with Crippen molar-refractivity contribution in [1.82, 2.24) is 0 Å². The lowest BCUT2D eigenvalue weighted by Crippen LogP contribution is -2.37. The molecule has 2 aliphatic heterocycles. The highest BCUT2D eigenvalue weighted by Crippen LogP contribution is 2.51. The number of benzene rings is 2. The molecule has 38 heavy (non-hydrogen) atoms. The van der Waals surface area contributed by atoms with Crippen LogP contribution < -0.4 is 9.96 Å². The van der Waals surface area contributed by atoms with Crippen molar-refractivity contribution in [2.24, 2.45) is 5.92 Å². The Morgan fingerprint density at radius 1 is 1.00 bits per heavy atom. The minimum Gasteiger partial charge on any atom is -0.465 e.